The van der Waals surface area contributed by atoms with Crippen LogP contribution in [0, 0.1) is 0 Å². The van der Waals surface area contributed by atoms with E-state index in [9.17, 15) is 24.9 Å². The molecule has 0 aliphatic carbocycles. The van der Waals surface area contributed by atoms with E-state index in [4.69, 9.17) is 9.47 Å². The van der Waals surface area contributed by atoms with E-state index in [2.05, 4.69) is 5.32 Å². The Kier molecular flexibility index (Phi) is 9.94. The molecular weight excluding hydrogens is 450 g/mol. The molecule has 0 radical (unpaired) electrons. The molecular formula is C27H29NO7. The zero-order valence-corrected chi connectivity index (χ0v) is 19.1. The minimum absolute atomic E-state index is 0.0311. The number of amides is 1. The Balaban J connectivity index is 1.72. The minimum atomic E-state index is -1.93. The van der Waals surface area contributed by atoms with Crippen LogP contribution in [-0.2, 0) is 38.8 Å². The molecule has 0 spiro atoms. The second-order valence-electron chi connectivity index (χ2n) is 7.96. The van der Waals surface area contributed by atoms with Crippen LogP contribution >= 0.6 is 0 Å². The summed E-state index contributed by atoms with van der Waals surface area (Å²) < 4.78 is 11.1. The number of hydrogen-bond donors (Lipinski definition) is 4. The summed E-state index contributed by atoms with van der Waals surface area (Å²) in [7, 11) is 0. The van der Waals surface area contributed by atoms with Gasteiger partial charge in [0.1, 0.15) is 12.2 Å². The maximum atomic E-state index is 13.0. The molecule has 4 N–H and O–H groups in total. The number of rotatable bonds is 13. The van der Waals surface area contributed by atoms with E-state index in [1.807, 2.05) is 36.4 Å². The Hall–Kier alpha value is -3.56. The predicted octanol–water partition coefficient (Wildman–Crippen LogP) is 2.28. The molecule has 8 nitrogen and oxygen atoms in total. The first kappa shape index (κ1) is 26.1. The third kappa shape index (κ3) is 8.01. The molecule has 3 rings (SSSR count). The Bertz CT molecular complexity index is 1050. The van der Waals surface area contributed by atoms with Crippen molar-refractivity contribution in [1.29, 1.82) is 0 Å². The second-order valence-corrected chi connectivity index (χ2v) is 7.96. The van der Waals surface area contributed by atoms with Crippen molar-refractivity contribution in [2.75, 3.05) is 0 Å². The topological polar surface area (TPSA) is 125 Å². The van der Waals surface area contributed by atoms with Crippen LogP contribution in [-0.4, -0.2) is 51.6 Å². The largest absolute Gasteiger partial charge is 0.479 e. The molecule has 0 fully saturated rings. The van der Waals surface area contributed by atoms with Crippen LogP contribution in [0.3, 0.4) is 0 Å². The number of aliphatic carboxylic acids is 1. The highest BCUT2D eigenvalue weighted by Gasteiger charge is 2.40. The fourth-order valence-corrected chi connectivity index (χ4v) is 3.41. The number of aliphatic hydroxyl groups excluding tert-OH is 2. The average molecular weight is 480 g/mol. The lowest BCUT2D eigenvalue weighted by atomic mass is 10.0. The lowest BCUT2D eigenvalue weighted by molar-refractivity contribution is -0.180. The van der Waals surface area contributed by atoms with Gasteiger partial charge in [-0.05, 0) is 16.7 Å². The SMILES string of the molecule is O=C(O)C(OCc1ccccc1)C(O)C(O)C(OCc1ccccc1)C(=O)NCc1ccccc1. The van der Waals surface area contributed by atoms with E-state index in [1.165, 1.54) is 0 Å². The lowest BCUT2D eigenvalue weighted by Crippen LogP contribution is -2.54. The van der Waals surface area contributed by atoms with Crippen molar-refractivity contribution in [3.63, 3.8) is 0 Å². The van der Waals surface area contributed by atoms with E-state index in [0.717, 1.165) is 11.1 Å². The van der Waals surface area contributed by atoms with Crippen LogP contribution < -0.4 is 5.32 Å². The monoisotopic (exact) mass is 479 g/mol. The van der Waals surface area contributed by atoms with Gasteiger partial charge in [-0.3, -0.25) is 4.79 Å². The fourth-order valence-electron chi connectivity index (χ4n) is 3.41. The Morgan fingerprint density at radius 3 is 1.51 bits per heavy atom. The zero-order chi connectivity index (χ0) is 25.0. The molecule has 0 aliphatic heterocycles. The maximum absolute atomic E-state index is 13.0. The summed E-state index contributed by atoms with van der Waals surface area (Å²) in [5.74, 6) is -2.16. The van der Waals surface area contributed by atoms with Crippen molar-refractivity contribution >= 4 is 11.9 Å². The highest BCUT2D eigenvalue weighted by molar-refractivity contribution is 5.82. The lowest BCUT2D eigenvalue weighted by Gasteiger charge is -2.29. The predicted molar refractivity (Wildman–Crippen MR) is 128 cm³/mol. The Labute approximate surface area is 203 Å². The fraction of sp³-hybridized carbons (Fsp3) is 0.259. The highest BCUT2D eigenvalue weighted by atomic mass is 16.5. The first-order valence-electron chi connectivity index (χ1n) is 11.2. The van der Waals surface area contributed by atoms with Crippen LogP contribution in [0.1, 0.15) is 16.7 Å². The van der Waals surface area contributed by atoms with Gasteiger partial charge in [-0.2, -0.15) is 0 Å². The van der Waals surface area contributed by atoms with E-state index in [-0.39, 0.29) is 19.8 Å². The molecule has 0 heterocycles. The van der Waals surface area contributed by atoms with Gasteiger partial charge in [-0.15, -0.1) is 0 Å². The number of carbonyl (C=O) groups is 2. The van der Waals surface area contributed by atoms with Crippen molar-refractivity contribution in [1.82, 2.24) is 5.32 Å². The van der Waals surface area contributed by atoms with Gasteiger partial charge in [0.05, 0.1) is 13.2 Å². The number of carboxylic acids is 1. The van der Waals surface area contributed by atoms with Crippen LogP contribution in [0.2, 0.25) is 0 Å². The van der Waals surface area contributed by atoms with E-state index >= 15 is 0 Å². The molecule has 0 bridgehead atoms. The van der Waals surface area contributed by atoms with Crippen molar-refractivity contribution < 1.29 is 34.4 Å². The number of benzene rings is 3. The van der Waals surface area contributed by atoms with Crippen molar-refractivity contribution in [2.24, 2.45) is 0 Å². The molecule has 3 aromatic rings. The normalized spacial score (nSPS) is 14.5. The summed E-state index contributed by atoms with van der Waals surface area (Å²) in [6, 6.07) is 27.0. The standard InChI is InChI=1S/C27H29NO7/c29-22(23(30)25(27(32)33)35-18-21-14-8-3-9-15-21)24(34-17-20-12-6-2-7-13-20)26(31)28-16-19-10-4-1-5-11-19/h1-15,22-25,29-30H,16-18H2,(H,28,31)(H,32,33). The van der Waals surface area contributed by atoms with Gasteiger partial charge >= 0.3 is 5.97 Å². The molecule has 35 heavy (non-hydrogen) atoms. The van der Waals surface area contributed by atoms with Gasteiger partial charge in [0.15, 0.2) is 12.2 Å². The first-order valence-corrected chi connectivity index (χ1v) is 11.2. The van der Waals surface area contributed by atoms with E-state index < -0.39 is 36.3 Å². The average Bonchev–Trinajstić information content (AvgIpc) is 2.89. The first-order chi connectivity index (χ1) is 17.0. The van der Waals surface area contributed by atoms with Crippen molar-refractivity contribution in [2.45, 2.75) is 44.2 Å². The Morgan fingerprint density at radius 1 is 0.657 bits per heavy atom. The molecule has 3 aromatic carbocycles. The molecule has 1 amide bonds. The molecule has 0 aliphatic rings. The van der Waals surface area contributed by atoms with Gasteiger partial charge in [-0.25, -0.2) is 4.79 Å². The summed E-state index contributed by atoms with van der Waals surface area (Å²) >= 11 is 0. The zero-order valence-electron chi connectivity index (χ0n) is 19.1. The number of carbonyl (C=O) groups excluding carboxylic acids is 1. The van der Waals surface area contributed by atoms with E-state index in [1.54, 1.807) is 54.6 Å². The molecule has 4 atom stereocenters. The summed E-state index contributed by atoms with van der Waals surface area (Å²) in [5, 5.41) is 33.9. The third-order valence-electron chi connectivity index (χ3n) is 5.33. The van der Waals surface area contributed by atoms with Crippen LogP contribution in [0.5, 0.6) is 0 Å². The second kappa shape index (κ2) is 13.4. The number of hydrogen-bond acceptors (Lipinski definition) is 6. The van der Waals surface area contributed by atoms with Crippen molar-refractivity contribution in [3.8, 4) is 0 Å². The summed E-state index contributed by atoms with van der Waals surface area (Å²) in [5.41, 5.74) is 2.26. The van der Waals surface area contributed by atoms with Gasteiger partial charge in [-0.1, -0.05) is 91.0 Å². The van der Waals surface area contributed by atoms with Crippen LogP contribution in [0.15, 0.2) is 91.0 Å². The number of aliphatic hydroxyl groups is 2. The quantitative estimate of drug-likeness (QED) is 0.296. The van der Waals surface area contributed by atoms with Crippen LogP contribution in [0.25, 0.3) is 0 Å². The summed E-state index contributed by atoms with van der Waals surface area (Å²) in [6.07, 6.45) is -7.13. The van der Waals surface area contributed by atoms with Gasteiger partial charge < -0.3 is 30.1 Å². The van der Waals surface area contributed by atoms with Gasteiger partial charge in [0.2, 0.25) is 0 Å². The number of nitrogens with one attached hydrogen (secondary N) is 1. The van der Waals surface area contributed by atoms with Gasteiger partial charge in [0.25, 0.3) is 5.91 Å². The number of ether oxygens (including phenoxy) is 2. The van der Waals surface area contributed by atoms with Crippen molar-refractivity contribution in [3.05, 3.63) is 108 Å². The molecule has 0 saturated heterocycles. The number of carboxylic acid groups (broad SMARTS) is 1. The third-order valence-corrected chi connectivity index (χ3v) is 5.33. The summed E-state index contributed by atoms with van der Waals surface area (Å²) in [4.78, 5) is 24.8. The minimum Gasteiger partial charge on any atom is -0.479 e. The summed E-state index contributed by atoms with van der Waals surface area (Å²) in [6.45, 7) is 0.0362. The molecule has 0 saturated carbocycles. The Morgan fingerprint density at radius 2 is 1.06 bits per heavy atom. The smallest absolute Gasteiger partial charge is 0.335 e. The molecule has 8 heteroatoms. The highest BCUT2D eigenvalue weighted by Crippen LogP contribution is 2.16. The molecule has 184 valence electrons. The van der Waals surface area contributed by atoms with Crippen LogP contribution in [0.4, 0.5) is 0 Å². The van der Waals surface area contributed by atoms with Gasteiger partial charge in [0, 0.05) is 6.54 Å². The molecule has 0 aromatic heterocycles. The maximum Gasteiger partial charge on any atom is 0.335 e. The molecule has 4 unspecified atom stereocenters. The van der Waals surface area contributed by atoms with E-state index in [0.29, 0.717) is 5.56 Å².